The van der Waals surface area contributed by atoms with E-state index in [-0.39, 0.29) is 19.1 Å². The number of para-hydroxylation sites is 2. The number of carbonyl (C=O) groups is 1. The maximum absolute atomic E-state index is 12.6. The third-order valence-electron chi connectivity index (χ3n) is 3.03. The monoisotopic (exact) mass is 281 g/mol. The number of nitrogen functional groups attached to an aromatic ring is 1. The fourth-order valence-electron chi connectivity index (χ4n) is 2.04. The highest BCUT2D eigenvalue weighted by molar-refractivity contribution is 6.07. The van der Waals surface area contributed by atoms with Crippen molar-refractivity contribution < 1.29 is 9.90 Å². The van der Waals surface area contributed by atoms with Gasteiger partial charge in [0.1, 0.15) is 0 Å². The van der Waals surface area contributed by atoms with Crippen LogP contribution in [0.5, 0.6) is 0 Å². The normalized spacial score (nSPS) is 9.90. The summed E-state index contributed by atoms with van der Waals surface area (Å²) >= 11 is 0. The molecule has 0 spiro atoms. The predicted octanol–water partition coefficient (Wildman–Crippen LogP) is 1.78. The van der Waals surface area contributed by atoms with E-state index >= 15 is 0 Å². The van der Waals surface area contributed by atoms with Crippen LogP contribution >= 0.6 is 0 Å². The van der Waals surface area contributed by atoms with Gasteiger partial charge >= 0.3 is 0 Å². The Balaban J connectivity index is 2.40. The molecule has 0 aliphatic rings. The number of rotatable bonds is 4. The molecule has 0 aliphatic heterocycles. The molecule has 5 nitrogen and oxygen atoms in total. The van der Waals surface area contributed by atoms with Crippen LogP contribution in [-0.4, -0.2) is 24.2 Å². The molecule has 2 aromatic carbocycles. The maximum atomic E-state index is 12.6. The van der Waals surface area contributed by atoms with Crippen molar-refractivity contribution in [1.82, 2.24) is 0 Å². The Hall–Kier alpha value is -2.84. The lowest BCUT2D eigenvalue weighted by atomic mass is 10.1. The third kappa shape index (κ3) is 3.19. The topological polar surface area (TPSA) is 90.3 Å². The van der Waals surface area contributed by atoms with E-state index in [0.29, 0.717) is 22.5 Å². The Morgan fingerprint density at radius 2 is 2.00 bits per heavy atom. The van der Waals surface area contributed by atoms with Crippen LogP contribution in [-0.2, 0) is 0 Å². The van der Waals surface area contributed by atoms with Crippen LogP contribution in [0.25, 0.3) is 0 Å². The van der Waals surface area contributed by atoms with Crippen molar-refractivity contribution in [1.29, 1.82) is 5.26 Å². The molecule has 0 fully saturated rings. The first kappa shape index (κ1) is 14.6. The van der Waals surface area contributed by atoms with Crippen molar-refractivity contribution in [3.63, 3.8) is 0 Å². The fourth-order valence-corrected chi connectivity index (χ4v) is 2.04. The van der Waals surface area contributed by atoms with Crippen LogP contribution in [0.2, 0.25) is 0 Å². The Labute approximate surface area is 122 Å². The number of hydrogen-bond acceptors (Lipinski definition) is 4. The van der Waals surface area contributed by atoms with Crippen LogP contribution in [0.3, 0.4) is 0 Å². The molecule has 2 aromatic rings. The molecule has 0 aromatic heterocycles. The number of anilines is 2. The number of nitrogens with two attached hydrogens (primary N) is 1. The quantitative estimate of drug-likeness (QED) is 0.836. The lowest BCUT2D eigenvalue weighted by Gasteiger charge is -2.23. The summed E-state index contributed by atoms with van der Waals surface area (Å²) in [6, 6.07) is 15.4. The molecule has 0 heterocycles. The average Bonchev–Trinajstić information content (AvgIpc) is 2.53. The van der Waals surface area contributed by atoms with Gasteiger partial charge in [0.05, 0.1) is 29.6 Å². The first-order valence-electron chi connectivity index (χ1n) is 6.44. The molecule has 1 amide bonds. The number of nitrogens with zero attached hydrogens (tertiary/aromatic N) is 2. The van der Waals surface area contributed by atoms with E-state index in [0.717, 1.165) is 0 Å². The minimum absolute atomic E-state index is 0.129. The summed E-state index contributed by atoms with van der Waals surface area (Å²) in [5.74, 6) is -0.306. The average molecular weight is 281 g/mol. The molecular weight excluding hydrogens is 266 g/mol. The minimum atomic E-state index is -0.306. The first-order valence-corrected chi connectivity index (χ1v) is 6.44. The molecule has 106 valence electrons. The summed E-state index contributed by atoms with van der Waals surface area (Å²) < 4.78 is 0. The van der Waals surface area contributed by atoms with Gasteiger partial charge in [-0.3, -0.25) is 4.79 Å². The Kier molecular flexibility index (Phi) is 4.54. The van der Waals surface area contributed by atoms with Gasteiger partial charge in [-0.2, -0.15) is 5.26 Å². The highest BCUT2D eigenvalue weighted by atomic mass is 16.3. The summed E-state index contributed by atoms with van der Waals surface area (Å²) in [6.07, 6.45) is 0. The van der Waals surface area contributed by atoms with Gasteiger partial charge in [-0.05, 0) is 30.3 Å². The lowest BCUT2D eigenvalue weighted by Crippen LogP contribution is -2.34. The van der Waals surface area contributed by atoms with Crippen molar-refractivity contribution in [3.8, 4) is 6.07 Å². The summed E-state index contributed by atoms with van der Waals surface area (Å²) in [4.78, 5) is 14.0. The molecule has 0 aliphatic carbocycles. The van der Waals surface area contributed by atoms with E-state index in [1.165, 1.54) is 11.0 Å². The summed E-state index contributed by atoms with van der Waals surface area (Å²) in [5.41, 5.74) is 7.68. The van der Waals surface area contributed by atoms with E-state index in [1.54, 1.807) is 42.5 Å². The van der Waals surface area contributed by atoms with Crippen LogP contribution < -0.4 is 10.6 Å². The van der Waals surface area contributed by atoms with Gasteiger partial charge in [-0.15, -0.1) is 0 Å². The van der Waals surface area contributed by atoms with Crippen molar-refractivity contribution >= 4 is 17.3 Å². The van der Waals surface area contributed by atoms with Crippen molar-refractivity contribution in [2.45, 2.75) is 0 Å². The predicted molar refractivity (Wildman–Crippen MR) is 80.8 cm³/mol. The van der Waals surface area contributed by atoms with Crippen LogP contribution in [0, 0.1) is 11.3 Å². The van der Waals surface area contributed by atoms with E-state index < -0.39 is 0 Å². The van der Waals surface area contributed by atoms with Gasteiger partial charge in [0.15, 0.2) is 0 Å². The Morgan fingerprint density at radius 3 is 2.67 bits per heavy atom. The van der Waals surface area contributed by atoms with E-state index in [4.69, 9.17) is 11.0 Å². The number of aliphatic hydroxyl groups excluding tert-OH is 1. The van der Waals surface area contributed by atoms with E-state index in [2.05, 4.69) is 0 Å². The van der Waals surface area contributed by atoms with Gasteiger partial charge in [0.2, 0.25) is 0 Å². The second-order valence-corrected chi connectivity index (χ2v) is 4.43. The zero-order valence-electron chi connectivity index (χ0n) is 11.4. The molecule has 0 radical (unpaired) electrons. The third-order valence-corrected chi connectivity index (χ3v) is 3.03. The molecule has 0 saturated carbocycles. The molecule has 0 saturated heterocycles. The number of nitriles is 1. The summed E-state index contributed by atoms with van der Waals surface area (Å²) in [5, 5.41) is 18.1. The van der Waals surface area contributed by atoms with Crippen LogP contribution in [0.4, 0.5) is 11.4 Å². The smallest absolute Gasteiger partial charge is 0.258 e. The molecule has 0 atom stereocenters. The minimum Gasteiger partial charge on any atom is -0.397 e. The van der Waals surface area contributed by atoms with Gasteiger partial charge in [0.25, 0.3) is 5.91 Å². The van der Waals surface area contributed by atoms with Gasteiger partial charge < -0.3 is 15.7 Å². The van der Waals surface area contributed by atoms with Gasteiger partial charge in [0, 0.05) is 12.1 Å². The van der Waals surface area contributed by atoms with Gasteiger partial charge in [-0.1, -0.05) is 18.2 Å². The highest BCUT2D eigenvalue weighted by Crippen LogP contribution is 2.24. The molecule has 5 heteroatoms. The standard InChI is InChI=1S/C16H15N3O2/c17-11-12-4-3-5-13(10-12)16(21)19(8-9-20)15-7-2-1-6-14(15)18/h1-7,10,20H,8-9,18H2. The maximum Gasteiger partial charge on any atom is 0.258 e. The number of benzene rings is 2. The second kappa shape index (κ2) is 6.55. The first-order chi connectivity index (χ1) is 10.2. The summed E-state index contributed by atoms with van der Waals surface area (Å²) in [7, 11) is 0. The molecule has 3 N–H and O–H groups in total. The SMILES string of the molecule is N#Cc1cccc(C(=O)N(CCO)c2ccccc2N)c1. The Morgan fingerprint density at radius 1 is 1.24 bits per heavy atom. The zero-order chi connectivity index (χ0) is 15.2. The van der Waals surface area contributed by atoms with Crippen molar-refractivity contribution in [3.05, 3.63) is 59.7 Å². The molecule has 0 unspecified atom stereocenters. The lowest BCUT2D eigenvalue weighted by molar-refractivity contribution is 0.0981. The van der Waals surface area contributed by atoms with E-state index in [1.807, 2.05) is 6.07 Å². The number of aliphatic hydroxyl groups is 1. The molecular formula is C16H15N3O2. The van der Waals surface area contributed by atoms with Crippen LogP contribution in [0.1, 0.15) is 15.9 Å². The Bertz CT molecular complexity index is 692. The van der Waals surface area contributed by atoms with Crippen molar-refractivity contribution in [2.24, 2.45) is 0 Å². The number of amides is 1. The zero-order valence-corrected chi connectivity index (χ0v) is 11.4. The molecule has 2 rings (SSSR count). The number of hydrogen-bond donors (Lipinski definition) is 2. The van der Waals surface area contributed by atoms with Gasteiger partial charge in [-0.25, -0.2) is 0 Å². The number of carbonyl (C=O) groups excluding carboxylic acids is 1. The largest absolute Gasteiger partial charge is 0.397 e. The summed E-state index contributed by atoms with van der Waals surface area (Å²) in [6.45, 7) is -0.0537. The van der Waals surface area contributed by atoms with Crippen molar-refractivity contribution in [2.75, 3.05) is 23.8 Å². The fraction of sp³-hybridized carbons (Fsp3) is 0.125. The van der Waals surface area contributed by atoms with E-state index in [9.17, 15) is 9.90 Å². The highest BCUT2D eigenvalue weighted by Gasteiger charge is 2.19. The molecule has 0 bridgehead atoms. The molecule has 21 heavy (non-hydrogen) atoms. The van der Waals surface area contributed by atoms with Crippen LogP contribution in [0.15, 0.2) is 48.5 Å². The second-order valence-electron chi connectivity index (χ2n) is 4.43.